The number of rotatable bonds is 7. The lowest BCUT2D eigenvalue weighted by Gasteiger charge is -2.17. The molecular weight excluding hydrogens is 288 g/mol. The molecule has 0 aliphatic heterocycles. The zero-order valence-corrected chi connectivity index (χ0v) is 14.0. The molecule has 0 saturated heterocycles. The Kier molecular flexibility index (Phi) is 9.06. The topological polar surface area (TPSA) is 64.3 Å². The Morgan fingerprint density at radius 1 is 1.24 bits per heavy atom. The predicted octanol–water partition coefficient (Wildman–Crippen LogP) is 3.60. The van der Waals surface area contributed by atoms with Gasteiger partial charge >= 0.3 is 0 Å². The molecule has 0 aliphatic carbocycles. The fourth-order valence-electron chi connectivity index (χ4n) is 1.81. The highest BCUT2D eigenvalue weighted by atomic mass is 35.5. The van der Waals surface area contributed by atoms with Gasteiger partial charge in [-0.25, -0.2) is 0 Å². The van der Waals surface area contributed by atoms with Crippen LogP contribution in [0.25, 0.3) is 0 Å². The van der Waals surface area contributed by atoms with E-state index < -0.39 is 0 Å². The second-order valence-electron chi connectivity index (χ2n) is 6.12. The van der Waals surface area contributed by atoms with Gasteiger partial charge in [-0.05, 0) is 42.5 Å². The Balaban J connectivity index is 0.00000400. The van der Waals surface area contributed by atoms with E-state index in [1.165, 1.54) is 0 Å². The van der Waals surface area contributed by atoms with Crippen molar-refractivity contribution < 1.29 is 9.53 Å². The number of anilines is 1. The first kappa shape index (κ1) is 19.7. The van der Waals surface area contributed by atoms with Gasteiger partial charge in [-0.1, -0.05) is 20.8 Å². The van der Waals surface area contributed by atoms with Gasteiger partial charge in [-0.15, -0.1) is 12.4 Å². The maximum atomic E-state index is 11.8. The molecule has 1 aromatic rings. The third-order valence-corrected chi connectivity index (χ3v) is 2.86. The van der Waals surface area contributed by atoms with E-state index in [-0.39, 0.29) is 23.7 Å². The third-order valence-electron chi connectivity index (χ3n) is 2.86. The highest BCUT2D eigenvalue weighted by Crippen LogP contribution is 2.22. The molecule has 0 saturated carbocycles. The van der Waals surface area contributed by atoms with Gasteiger partial charge in [0.25, 0.3) is 0 Å². The van der Waals surface area contributed by atoms with Gasteiger partial charge < -0.3 is 15.8 Å². The highest BCUT2D eigenvalue weighted by molar-refractivity contribution is 5.90. The molecule has 5 heteroatoms. The van der Waals surface area contributed by atoms with Crippen LogP contribution >= 0.6 is 12.4 Å². The molecule has 1 amide bonds. The first-order chi connectivity index (χ1) is 9.40. The molecule has 4 nitrogen and oxygen atoms in total. The van der Waals surface area contributed by atoms with Gasteiger partial charge in [0.2, 0.25) is 5.91 Å². The van der Waals surface area contributed by atoms with E-state index >= 15 is 0 Å². The standard InChI is InChI=1S/C16H26N2O2.ClH/c1-16(2,3)10-4-5-15(19)18-13-6-8-14(9-7-13)20-12-11-17;/h6-9H,4-5,10-12,17H2,1-3H3,(H,18,19);1H. The number of carbonyl (C=O) groups is 1. The molecule has 120 valence electrons. The molecule has 0 aromatic heterocycles. The van der Waals surface area contributed by atoms with Crippen LogP contribution in [0.2, 0.25) is 0 Å². The smallest absolute Gasteiger partial charge is 0.224 e. The van der Waals surface area contributed by atoms with E-state index in [4.69, 9.17) is 10.5 Å². The molecule has 1 rings (SSSR count). The van der Waals surface area contributed by atoms with Crippen molar-refractivity contribution in [2.24, 2.45) is 11.1 Å². The van der Waals surface area contributed by atoms with Crippen molar-refractivity contribution in [1.29, 1.82) is 0 Å². The summed E-state index contributed by atoms with van der Waals surface area (Å²) in [4.78, 5) is 11.8. The number of nitrogens with two attached hydrogens (primary N) is 1. The quantitative estimate of drug-likeness (QED) is 0.808. The minimum absolute atomic E-state index is 0. The zero-order valence-electron chi connectivity index (χ0n) is 13.1. The monoisotopic (exact) mass is 314 g/mol. The molecule has 0 bridgehead atoms. The van der Waals surface area contributed by atoms with Crippen molar-refractivity contribution in [3.05, 3.63) is 24.3 Å². The van der Waals surface area contributed by atoms with Crippen LogP contribution in [-0.4, -0.2) is 19.1 Å². The minimum atomic E-state index is 0. The van der Waals surface area contributed by atoms with Crippen LogP contribution in [0.15, 0.2) is 24.3 Å². The minimum Gasteiger partial charge on any atom is -0.492 e. The normalized spacial score (nSPS) is 10.7. The molecule has 3 N–H and O–H groups in total. The predicted molar refractivity (Wildman–Crippen MR) is 90.2 cm³/mol. The number of amides is 1. The highest BCUT2D eigenvalue weighted by Gasteiger charge is 2.11. The molecule has 0 radical (unpaired) electrons. The maximum absolute atomic E-state index is 11.8. The Morgan fingerprint density at radius 3 is 2.38 bits per heavy atom. The van der Waals surface area contributed by atoms with Crippen molar-refractivity contribution in [3.8, 4) is 5.75 Å². The van der Waals surface area contributed by atoms with E-state index in [2.05, 4.69) is 26.1 Å². The summed E-state index contributed by atoms with van der Waals surface area (Å²) < 4.78 is 5.38. The van der Waals surface area contributed by atoms with E-state index in [1.807, 2.05) is 24.3 Å². The summed E-state index contributed by atoms with van der Waals surface area (Å²) in [6, 6.07) is 7.35. The van der Waals surface area contributed by atoms with Gasteiger partial charge in [0.1, 0.15) is 12.4 Å². The average molecular weight is 315 g/mol. The Labute approximate surface area is 133 Å². The summed E-state index contributed by atoms with van der Waals surface area (Å²) in [5, 5.41) is 2.89. The summed E-state index contributed by atoms with van der Waals surface area (Å²) in [6.45, 7) is 7.55. The fourth-order valence-corrected chi connectivity index (χ4v) is 1.81. The molecule has 0 fully saturated rings. The number of hydrogen-bond acceptors (Lipinski definition) is 3. The van der Waals surface area contributed by atoms with Crippen LogP contribution in [0.4, 0.5) is 5.69 Å². The second-order valence-corrected chi connectivity index (χ2v) is 6.12. The molecule has 0 unspecified atom stereocenters. The first-order valence-corrected chi connectivity index (χ1v) is 7.13. The molecular formula is C16H27ClN2O2. The lowest BCUT2D eigenvalue weighted by Crippen LogP contribution is -2.13. The fraction of sp³-hybridized carbons (Fsp3) is 0.562. The molecule has 21 heavy (non-hydrogen) atoms. The summed E-state index contributed by atoms with van der Waals surface area (Å²) in [6.07, 6.45) is 2.52. The molecule has 0 atom stereocenters. The van der Waals surface area contributed by atoms with Gasteiger partial charge in [0.15, 0.2) is 0 Å². The van der Waals surface area contributed by atoms with Gasteiger partial charge in [0, 0.05) is 18.7 Å². The Morgan fingerprint density at radius 2 is 1.86 bits per heavy atom. The van der Waals surface area contributed by atoms with Crippen LogP contribution in [0.1, 0.15) is 40.0 Å². The Hall–Kier alpha value is -1.26. The van der Waals surface area contributed by atoms with Crippen molar-refractivity contribution in [1.82, 2.24) is 0 Å². The van der Waals surface area contributed by atoms with Crippen molar-refractivity contribution in [3.63, 3.8) is 0 Å². The van der Waals surface area contributed by atoms with Gasteiger partial charge in [0.05, 0.1) is 0 Å². The number of hydrogen-bond donors (Lipinski definition) is 2. The summed E-state index contributed by atoms with van der Waals surface area (Å²) in [5.41, 5.74) is 6.44. The largest absolute Gasteiger partial charge is 0.492 e. The number of nitrogens with one attached hydrogen (secondary N) is 1. The van der Waals surface area contributed by atoms with Gasteiger partial charge in [-0.2, -0.15) is 0 Å². The van der Waals surface area contributed by atoms with E-state index in [0.29, 0.717) is 19.6 Å². The molecule has 1 aromatic carbocycles. The zero-order chi connectivity index (χ0) is 15.0. The van der Waals surface area contributed by atoms with Crippen LogP contribution in [0.3, 0.4) is 0 Å². The van der Waals surface area contributed by atoms with E-state index in [9.17, 15) is 4.79 Å². The van der Waals surface area contributed by atoms with Crippen molar-refractivity contribution >= 4 is 24.0 Å². The van der Waals surface area contributed by atoms with Crippen LogP contribution in [-0.2, 0) is 4.79 Å². The number of ether oxygens (including phenoxy) is 1. The van der Waals surface area contributed by atoms with Crippen molar-refractivity contribution in [2.75, 3.05) is 18.5 Å². The first-order valence-electron chi connectivity index (χ1n) is 7.13. The lowest BCUT2D eigenvalue weighted by atomic mass is 9.90. The lowest BCUT2D eigenvalue weighted by molar-refractivity contribution is -0.116. The Bertz CT molecular complexity index is 413. The number of halogens is 1. The van der Waals surface area contributed by atoms with Crippen molar-refractivity contribution in [2.45, 2.75) is 40.0 Å². The van der Waals surface area contributed by atoms with Crippen LogP contribution in [0, 0.1) is 5.41 Å². The summed E-state index contributed by atoms with van der Waals surface area (Å²) >= 11 is 0. The SMILES string of the molecule is CC(C)(C)CCCC(=O)Nc1ccc(OCCN)cc1.Cl. The average Bonchev–Trinajstić information content (AvgIpc) is 2.36. The molecule has 0 heterocycles. The molecule has 0 aliphatic rings. The third kappa shape index (κ3) is 9.32. The second kappa shape index (κ2) is 9.64. The van der Waals surface area contributed by atoms with Crippen LogP contribution in [0.5, 0.6) is 5.75 Å². The molecule has 0 spiro atoms. The maximum Gasteiger partial charge on any atom is 0.224 e. The van der Waals surface area contributed by atoms with Crippen LogP contribution < -0.4 is 15.8 Å². The van der Waals surface area contributed by atoms with E-state index in [1.54, 1.807) is 0 Å². The van der Waals surface area contributed by atoms with Gasteiger partial charge in [-0.3, -0.25) is 4.79 Å². The van der Waals surface area contributed by atoms with E-state index in [0.717, 1.165) is 24.3 Å². The number of carbonyl (C=O) groups excluding carboxylic acids is 1. The number of benzene rings is 1. The summed E-state index contributed by atoms with van der Waals surface area (Å²) in [5.74, 6) is 0.825. The summed E-state index contributed by atoms with van der Waals surface area (Å²) in [7, 11) is 0.